The summed E-state index contributed by atoms with van der Waals surface area (Å²) >= 11 is 1.44. The van der Waals surface area contributed by atoms with Crippen LogP contribution < -0.4 is 5.32 Å². The normalized spacial score (nSPS) is 19.8. The molecule has 0 unspecified atom stereocenters. The fourth-order valence-electron chi connectivity index (χ4n) is 4.34. The van der Waals surface area contributed by atoms with E-state index in [0.29, 0.717) is 28.5 Å². The van der Waals surface area contributed by atoms with Crippen LogP contribution in [-0.4, -0.2) is 30.6 Å². The lowest BCUT2D eigenvalue weighted by Gasteiger charge is -2.24. The molecule has 2 aromatic rings. The second-order valence-corrected chi connectivity index (χ2v) is 9.30. The van der Waals surface area contributed by atoms with Gasteiger partial charge in [-0.05, 0) is 56.2 Å². The highest BCUT2D eigenvalue weighted by Gasteiger charge is 2.34. The Labute approximate surface area is 185 Å². The molecule has 0 bridgehead atoms. The minimum absolute atomic E-state index is 0.269. The van der Waals surface area contributed by atoms with Crippen LogP contribution in [0.25, 0.3) is 0 Å². The van der Waals surface area contributed by atoms with E-state index in [9.17, 15) is 14.4 Å². The van der Waals surface area contributed by atoms with Crippen molar-refractivity contribution in [3.05, 3.63) is 50.9 Å². The first-order valence-electron chi connectivity index (χ1n) is 10.8. The average molecular weight is 442 g/mol. The molecule has 1 aliphatic heterocycles. The van der Waals surface area contributed by atoms with Gasteiger partial charge in [-0.3, -0.25) is 4.79 Å². The van der Waals surface area contributed by atoms with Crippen molar-refractivity contribution in [1.82, 2.24) is 0 Å². The van der Waals surface area contributed by atoms with Gasteiger partial charge in [0.1, 0.15) is 5.00 Å². The lowest BCUT2D eigenvalue weighted by molar-refractivity contribution is -0.125. The van der Waals surface area contributed by atoms with Gasteiger partial charge in [0.05, 0.1) is 17.7 Å². The number of fused-ring (bicyclic) bond motifs is 2. The molecule has 1 aromatic carbocycles. The zero-order chi connectivity index (χ0) is 22.1. The number of benzene rings is 1. The van der Waals surface area contributed by atoms with Crippen molar-refractivity contribution in [2.24, 2.45) is 5.92 Å². The molecule has 31 heavy (non-hydrogen) atoms. The molecule has 2 heterocycles. The second kappa shape index (κ2) is 8.83. The van der Waals surface area contributed by atoms with Gasteiger partial charge >= 0.3 is 11.9 Å². The quantitative estimate of drug-likeness (QED) is 0.693. The fraction of sp³-hybridized carbons (Fsp3) is 0.458. The van der Waals surface area contributed by atoms with E-state index in [1.165, 1.54) is 11.3 Å². The summed E-state index contributed by atoms with van der Waals surface area (Å²) in [5.41, 5.74) is 3.72. The van der Waals surface area contributed by atoms with Crippen LogP contribution in [0.1, 0.15) is 69.0 Å². The van der Waals surface area contributed by atoms with Crippen LogP contribution in [0, 0.1) is 12.8 Å². The van der Waals surface area contributed by atoms with Gasteiger partial charge in [0.15, 0.2) is 6.10 Å². The summed E-state index contributed by atoms with van der Waals surface area (Å²) in [7, 11) is 0. The third-order valence-corrected chi connectivity index (χ3v) is 7.26. The smallest absolute Gasteiger partial charge is 0.341 e. The number of anilines is 1. The lowest BCUT2D eigenvalue weighted by atomic mass is 9.85. The predicted molar refractivity (Wildman–Crippen MR) is 119 cm³/mol. The average Bonchev–Trinajstić information content (AvgIpc) is 3.11. The zero-order valence-corrected chi connectivity index (χ0v) is 18.9. The number of hydrogen-bond donors (Lipinski definition) is 1. The van der Waals surface area contributed by atoms with E-state index < -0.39 is 23.9 Å². The van der Waals surface area contributed by atoms with Crippen LogP contribution in [0.15, 0.2) is 18.2 Å². The van der Waals surface area contributed by atoms with Crippen molar-refractivity contribution in [3.63, 3.8) is 0 Å². The molecule has 2 atom stereocenters. The van der Waals surface area contributed by atoms with E-state index in [1.807, 2.05) is 19.1 Å². The number of thiophene rings is 1. The third kappa shape index (κ3) is 4.24. The molecule has 1 N–H and O–H groups in total. The first-order chi connectivity index (χ1) is 14.9. The van der Waals surface area contributed by atoms with Gasteiger partial charge in [0.25, 0.3) is 5.91 Å². The van der Waals surface area contributed by atoms with Crippen molar-refractivity contribution < 1.29 is 23.9 Å². The minimum atomic E-state index is -0.930. The molecule has 0 radical (unpaired) electrons. The van der Waals surface area contributed by atoms with Crippen LogP contribution in [0.5, 0.6) is 0 Å². The number of cyclic esters (lactones) is 1. The number of ether oxygens (including phenoxy) is 2. The van der Waals surface area contributed by atoms with Crippen LogP contribution in [0.2, 0.25) is 0 Å². The van der Waals surface area contributed by atoms with E-state index in [1.54, 1.807) is 13.0 Å². The lowest BCUT2D eigenvalue weighted by Crippen LogP contribution is -2.38. The molecule has 1 aliphatic carbocycles. The molecule has 0 saturated carbocycles. The van der Waals surface area contributed by atoms with Crippen LogP contribution in [0.4, 0.5) is 5.00 Å². The van der Waals surface area contributed by atoms with Gasteiger partial charge in [-0.15, -0.1) is 11.3 Å². The molecule has 4 rings (SSSR count). The molecule has 0 fully saturated rings. The summed E-state index contributed by atoms with van der Waals surface area (Å²) < 4.78 is 10.7. The Hall–Kier alpha value is -2.67. The number of carbonyl (C=O) groups excluding carboxylic acids is 3. The van der Waals surface area contributed by atoms with E-state index in [4.69, 9.17) is 9.47 Å². The Balaban J connectivity index is 1.59. The standard InChI is InChI=1S/C24H27NO5S/c1-4-14-7-9-16-19(11-14)31-22(20(16)24(28)29-5-2)25-21(26)18-12-15-8-6-13(3)10-17(15)23(27)30-18/h6,8,10,14,18H,4-5,7,9,11-12H2,1-3H3,(H,25,26)/t14-,18+/m1/s1. The first-order valence-corrected chi connectivity index (χ1v) is 11.7. The van der Waals surface area contributed by atoms with Gasteiger partial charge in [-0.25, -0.2) is 9.59 Å². The predicted octanol–water partition coefficient (Wildman–Crippen LogP) is 4.47. The second-order valence-electron chi connectivity index (χ2n) is 8.19. The van der Waals surface area contributed by atoms with E-state index in [0.717, 1.165) is 47.3 Å². The highest BCUT2D eigenvalue weighted by molar-refractivity contribution is 7.17. The van der Waals surface area contributed by atoms with Gasteiger partial charge < -0.3 is 14.8 Å². The maximum absolute atomic E-state index is 13.0. The maximum atomic E-state index is 13.0. The van der Waals surface area contributed by atoms with Crippen molar-refractivity contribution >= 4 is 34.2 Å². The molecule has 0 spiro atoms. The summed E-state index contributed by atoms with van der Waals surface area (Å²) in [5, 5.41) is 3.37. The SMILES string of the molecule is CCOC(=O)c1c(NC(=O)[C@@H]2Cc3ccc(C)cc3C(=O)O2)sc2c1CC[C@@H](CC)C2. The zero-order valence-electron chi connectivity index (χ0n) is 18.1. The van der Waals surface area contributed by atoms with Crippen molar-refractivity contribution in [2.75, 3.05) is 11.9 Å². The topological polar surface area (TPSA) is 81.7 Å². The molecular formula is C24H27NO5S. The third-order valence-electron chi connectivity index (χ3n) is 6.09. The number of esters is 2. The van der Waals surface area contributed by atoms with Crippen molar-refractivity contribution in [2.45, 2.75) is 59.0 Å². The number of nitrogens with one attached hydrogen (secondary N) is 1. The van der Waals surface area contributed by atoms with Gasteiger partial charge in [-0.2, -0.15) is 0 Å². The Morgan fingerprint density at radius 3 is 2.81 bits per heavy atom. The fourth-order valence-corrected chi connectivity index (χ4v) is 5.69. The monoisotopic (exact) mass is 441 g/mol. The van der Waals surface area contributed by atoms with Crippen LogP contribution >= 0.6 is 11.3 Å². The van der Waals surface area contributed by atoms with E-state index >= 15 is 0 Å². The number of aryl methyl sites for hydroxylation is 1. The summed E-state index contributed by atoms with van der Waals surface area (Å²) in [6.07, 6.45) is 3.20. The summed E-state index contributed by atoms with van der Waals surface area (Å²) in [6.45, 7) is 6.12. The Morgan fingerprint density at radius 2 is 2.06 bits per heavy atom. The molecule has 164 valence electrons. The number of amides is 1. The Kier molecular flexibility index (Phi) is 6.14. The summed E-state index contributed by atoms with van der Waals surface area (Å²) in [5.74, 6) is -0.738. The Morgan fingerprint density at radius 1 is 1.26 bits per heavy atom. The number of carbonyl (C=O) groups is 3. The molecule has 2 aliphatic rings. The Bertz CT molecular complexity index is 1040. The van der Waals surface area contributed by atoms with Gasteiger partial charge in [0, 0.05) is 11.3 Å². The first kappa shape index (κ1) is 21.6. The molecule has 1 aromatic heterocycles. The van der Waals surface area contributed by atoms with E-state index in [-0.39, 0.29) is 6.61 Å². The van der Waals surface area contributed by atoms with Gasteiger partial charge in [-0.1, -0.05) is 31.0 Å². The maximum Gasteiger partial charge on any atom is 0.341 e. The van der Waals surface area contributed by atoms with Gasteiger partial charge in [0.2, 0.25) is 0 Å². The highest BCUT2D eigenvalue weighted by atomic mass is 32.1. The van der Waals surface area contributed by atoms with E-state index in [2.05, 4.69) is 12.2 Å². The molecule has 7 heteroatoms. The molecule has 6 nitrogen and oxygen atoms in total. The molecule has 0 saturated heterocycles. The molecular weight excluding hydrogens is 414 g/mol. The van der Waals surface area contributed by atoms with Crippen molar-refractivity contribution in [3.8, 4) is 0 Å². The summed E-state index contributed by atoms with van der Waals surface area (Å²) in [4.78, 5) is 39.3. The van der Waals surface area contributed by atoms with Crippen LogP contribution in [-0.2, 0) is 33.5 Å². The highest BCUT2D eigenvalue weighted by Crippen LogP contribution is 2.41. The number of rotatable bonds is 5. The largest absolute Gasteiger partial charge is 0.462 e. The van der Waals surface area contributed by atoms with Crippen LogP contribution in [0.3, 0.4) is 0 Å². The minimum Gasteiger partial charge on any atom is -0.462 e. The number of hydrogen-bond acceptors (Lipinski definition) is 6. The van der Waals surface area contributed by atoms with Crippen molar-refractivity contribution in [1.29, 1.82) is 0 Å². The summed E-state index contributed by atoms with van der Waals surface area (Å²) in [6, 6.07) is 5.56. The molecule has 1 amide bonds.